The predicted octanol–water partition coefficient (Wildman–Crippen LogP) is 3.50. The monoisotopic (exact) mass is 259 g/mol. The molecule has 0 unspecified atom stereocenters. The summed E-state index contributed by atoms with van der Waals surface area (Å²) in [6.07, 6.45) is 0.824. The highest BCUT2D eigenvalue weighted by Gasteiger charge is 2.21. The second-order valence-corrected chi connectivity index (χ2v) is 5.93. The largest absolute Gasteiger partial charge is 0.346 e. The summed E-state index contributed by atoms with van der Waals surface area (Å²) in [7, 11) is 0. The van der Waals surface area contributed by atoms with Crippen LogP contribution in [0.25, 0.3) is 0 Å². The maximum atomic E-state index is 12.0. The number of nitrogens with one attached hydrogen (secondary N) is 1. The molecule has 0 fully saturated rings. The van der Waals surface area contributed by atoms with Crippen molar-refractivity contribution in [3.05, 3.63) is 58.3 Å². The molecule has 0 aliphatic heterocycles. The van der Waals surface area contributed by atoms with Gasteiger partial charge in [0.1, 0.15) is 0 Å². The number of thiophene rings is 1. The Labute approximate surface area is 112 Å². The van der Waals surface area contributed by atoms with Crippen molar-refractivity contribution in [2.75, 3.05) is 0 Å². The number of amides is 1. The fourth-order valence-electron chi connectivity index (χ4n) is 1.93. The zero-order valence-corrected chi connectivity index (χ0v) is 11.5. The molecule has 18 heavy (non-hydrogen) atoms. The van der Waals surface area contributed by atoms with Gasteiger partial charge in [-0.1, -0.05) is 36.4 Å². The second kappa shape index (κ2) is 5.36. The van der Waals surface area contributed by atoms with E-state index in [9.17, 15) is 4.79 Å². The van der Waals surface area contributed by atoms with Gasteiger partial charge in [-0.3, -0.25) is 4.79 Å². The molecule has 0 aliphatic carbocycles. The van der Waals surface area contributed by atoms with Crippen LogP contribution >= 0.6 is 11.3 Å². The summed E-state index contributed by atoms with van der Waals surface area (Å²) in [6, 6.07) is 13.9. The van der Waals surface area contributed by atoms with Crippen molar-refractivity contribution in [1.82, 2.24) is 5.32 Å². The summed E-state index contributed by atoms with van der Waals surface area (Å²) in [6.45, 7) is 4.09. The SMILES string of the molecule is CC(C)(Cc1ccccc1)NC(=O)c1cccs1. The molecule has 2 aromatic rings. The molecular weight excluding hydrogens is 242 g/mol. The van der Waals surface area contributed by atoms with Gasteiger partial charge in [0.25, 0.3) is 5.91 Å². The molecule has 2 rings (SSSR count). The van der Waals surface area contributed by atoms with Crippen LogP contribution in [0, 0.1) is 0 Å². The normalized spacial score (nSPS) is 11.2. The van der Waals surface area contributed by atoms with Gasteiger partial charge in [-0.25, -0.2) is 0 Å². The van der Waals surface area contributed by atoms with Crippen LogP contribution in [-0.2, 0) is 6.42 Å². The van der Waals surface area contributed by atoms with Crippen LogP contribution in [0.2, 0.25) is 0 Å². The number of rotatable bonds is 4. The van der Waals surface area contributed by atoms with E-state index >= 15 is 0 Å². The van der Waals surface area contributed by atoms with E-state index in [-0.39, 0.29) is 11.4 Å². The highest BCUT2D eigenvalue weighted by atomic mass is 32.1. The lowest BCUT2D eigenvalue weighted by Crippen LogP contribution is -2.44. The van der Waals surface area contributed by atoms with Crippen molar-refractivity contribution in [3.63, 3.8) is 0 Å². The zero-order valence-electron chi connectivity index (χ0n) is 10.6. The van der Waals surface area contributed by atoms with Gasteiger partial charge >= 0.3 is 0 Å². The fraction of sp³-hybridized carbons (Fsp3) is 0.267. The maximum Gasteiger partial charge on any atom is 0.261 e. The highest BCUT2D eigenvalue weighted by Crippen LogP contribution is 2.15. The quantitative estimate of drug-likeness (QED) is 0.894. The third-order valence-corrected chi connectivity index (χ3v) is 3.55. The summed E-state index contributed by atoms with van der Waals surface area (Å²) in [5, 5.41) is 4.99. The first kappa shape index (κ1) is 12.8. The van der Waals surface area contributed by atoms with Gasteiger partial charge in [0.15, 0.2) is 0 Å². The van der Waals surface area contributed by atoms with Crippen molar-refractivity contribution >= 4 is 17.2 Å². The fourth-order valence-corrected chi connectivity index (χ4v) is 2.55. The highest BCUT2D eigenvalue weighted by molar-refractivity contribution is 7.12. The Morgan fingerprint density at radius 1 is 1.17 bits per heavy atom. The van der Waals surface area contributed by atoms with E-state index in [0.717, 1.165) is 11.3 Å². The van der Waals surface area contributed by atoms with Crippen molar-refractivity contribution in [3.8, 4) is 0 Å². The summed E-state index contributed by atoms with van der Waals surface area (Å²) in [5.41, 5.74) is 0.983. The van der Waals surface area contributed by atoms with Gasteiger partial charge in [-0.2, -0.15) is 0 Å². The minimum atomic E-state index is -0.248. The molecule has 1 aromatic heterocycles. The Balaban J connectivity index is 2.01. The Bertz CT molecular complexity index is 503. The summed E-state index contributed by atoms with van der Waals surface area (Å²) in [4.78, 5) is 12.8. The molecule has 0 saturated carbocycles. The van der Waals surface area contributed by atoms with E-state index in [2.05, 4.69) is 17.4 Å². The van der Waals surface area contributed by atoms with E-state index in [1.54, 1.807) is 0 Å². The number of carbonyl (C=O) groups is 1. The van der Waals surface area contributed by atoms with E-state index < -0.39 is 0 Å². The number of hydrogen-bond acceptors (Lipinski definition) is 2. The third-order valence-electron chi connectivity index (χ3n) is 2.69. The molecule has 0 radical (unpaired) electrons. The lowest BCUT2D eigenvalue weighted by atomic mass is 9.95. The van der Waals surface area contributed by atoms with Crippen molar-refractivity contribution in [1.29, 1.82) is 0 Å². The molecule has 0 atom stereocenters. The maximum absolute atomic E-state index is 12.0. The topological polar surface area (TPSA) is 29.1 Å². The number of benzene rings is 1. The standard InChI is InChI=1S/C15H17NOS/c1-15(2,11-12-7-4-3-5-8-12)16-14(17)13-9-6-10-18-13/h3-10H,11H2,1-2H3,(H,16,17). The van der Waals surface area contributed by atoms with E-state index in [1.807, 2.05) is 49.6 Å². The molecule has 94 valence electrons. The number of carbonyl (C=O) groups excluding carboxylic acids is 1. The van der Waals surface area contributed by atoms with E-state index in [0.29, 0.717) is 0 Å². The lowest BCUT2D eigenvalue weighted by molar-refractivity contribution is 0.0917. The summed E-state index contributed by atoms with van der Waals surface area (Å²) >= 11 is 1.47. The van der Waals surface area contributed by atoms with Gasteiger partial charge < -0.3 is 5.32 Å². The minimum Gasteiger partial charge on any atom is -0.346 e. The third kappa shape index (κ3) is 3.44. The average Bonchev–Trinajstić information content (AvgIpc) is 2.82. The molecule has 0 bridgehead atoms. The summed E-state index contributed by atoms with van der Waals surface area (Å²) in [5.74, 6) is 0.00549. The molecule has 1 heterocycles. The van der Waals surface area contributed by atoms with Crippen LogP contribution in [0.3, 0.4) is 0 Å². The molecular formula is C15H17NOS. The van der Waals surface area contributed by atoms with Gasteiger partial charge in [0, 0.05) is 5.54 Å². The second-order valence-electron chi connectivity index (χ2n) is 4.98. The number of hydrogen-bond donors (Lipinski definition) is 1. The van der Waals surface area contributed by atoms with Gasteiger partial charge in [-0.15, -0.1) is 11.3 Å². The first-order chi connectivity index (χ1) is 8.57. The molecule has 1 N–H and O–H groups in total. The summed E-state index contributed by atoms with van der Waals surface area (Å²) < 4.78 is 0. The smallest absolute Gasteiger partial charge is 0.261 e. The van der Waals surface area contributed by atoms with E-state index in [4.69, 9.17) is 0 Å². The average molecular weight is 259 g/mol. The van der Waals surface area contributed by atoms with Crippen LogP contribution in [0.1, 0.15) is 29.1 Å². The van der Waals surface area contributed by atoms with Crippen molar-refractivity contribution in [2.24, 2.45) is 0 Å². The van der Waals surface area contributed by atoms with Crippen LogP contribution in [0.4, 0.5) is 0 Å². The Morgan fingerprint density at radius 2 is 1.89 bits per heavy atom. The van der Waals surface area contributed by atoms with Crippen LogP contribution in [0.15, 0.2) is 47.8 Å². The lowest BCUT2D eigenvalue weighted by Gasteiger charge is -2.26. The van der Waals surface area contributed by atoms with Crippen molar-refractivity contribution < 1.29 is 4.79 Å². The molecule has 1 amide bonds. The molecule has 0 saturated heterocycles. The molecule has 3 heteroatoms. The minimum absolute atomic E-state index is 0.00549. The van der Waals surface area contributed by atoms with Crippen LogP contribution < -0.4 is 5.32 Å². The van der Waals surface area contributed by atoms with Gasteiger partial charge in [0.05, 0.1) is 4.88 Å². The Morgan fingerprint density at radius 3 is 2.50 bits per heavy atom. The van der Waals surface area contributed by atoms with Gasteiger partial charge in [0.2, 0.25) is 0 Å². The van der Waals surface area contributed by atoms with Crippen molar-refractivity contribution in [2.45, 2.75) is 25.8 Å². The Hall–Kier alpha value is -1.61. The molecule has 0 aliphatic rings. The Kier molecular flexibility index (Phi) is 3.82. The first-order valence-electron chi connectivity index (χ1n) is 5.97. The zero-order chi connectivity index (χ0) is 13.0. The first-order valence-corrected chi connectivity index (χ1v) is 6.85. The van der Waals surface area contributed by atoms with Crippen LogP contribution in [-0.4, -0.2) is 11.4 Å². The van der Waals surface area contributed by atoms with E-state index in [1.165, 1.54) is 16.9 Å². The van der Waals surface area contributed by atoms with Gasteiger partial charge in [-0.05, 0) is 37.3 Å². The molecule has 2 nitrogen and oxygen atoms in total. The molecule has 0 spiro atoms. The molecule has 1 aromatic carbocycles. The van der Waals surface area contributed by atoms with Crippen LogP contribution in [0.5, 0.6) is 0 Å². The predicted molar refractivity (Wildman–Crippen MR) is 76.0 cm³/mol.